The van der Waals surface area contributed by atoms with Crippen LogP contribution in [0.5, 0.6) is 11.5 Å². The average molecular weight is 541 g/mol. The molecule has 1 unspecified atom stereocenters. The fraction of sp³-hybridized carbons (Fsp3) is 0.321. The minimum atomic E-state index is -4.00. The molecule has 1 N–H and O–H groups in total. The van der Waals surface area contributed by atoms with Gasteiger partial charge in [-0.1, -0.05) is 6.07 Å². The molecule has 1 aliphatic carbocycles. The lowest BCUT2D eigenvalue weighted by Gasteiger charge is -2.29. The fourth-order valence-electron chi connectivity index (χ4n) is 4.50. The Morgan fingerprint density at radius 2 is 1.76 bits per heavy atom. The van der Waals surface area contributed by atoms with Crippen LogP contribution in [0.25, 0.3) is 0 Å². The van der Waals surface area contributed by atoms with Crippen molar-refractivity contribution in [1.29, 1.82) is 0 Å². The van der Waals surface area contributed by atoms with Crippen LogP contribution < -0.4 is 19.1 Å². The Labute approximate surface area is 223 Å². The van der Waals surface area contributed by atoms with E-state index in [0.29, 0.717) is 18.0 Å². The van der Waals surface area contributed by atoms with Gasteiger partial charge in [-0.15, -0.1) is 11.8 Å². The van der Waals surface area contributed by atoms with Gasteiger partial charge in [0.25, 0.3) is 10.0 Å². The lowest BCUT2D eigenvalue weighted by atomic mass is 9.87. The summed E-state index contributed by atoms with van der Waals surface area (Å²) in [6.07, 6.45) is 4.56. The minimum Gasteiger partial charge on any atom is -0.497 e. The van der Waals surface area contributed by atoms with Crippen molar-refractivity contribution in [2.24, 2.45) is 0 Å². The highest BCUT2D eigenvalue weighted by Crippen LogP contribution is 2.33. The predicted molar refractivity (Wildman–Crippen MR) is 147 cm³/mol. The van der Waals surface area contributed by atoms with Crippen LogP contribution in [-0.2, 0) is 21.2 Å². The summed E-state index contributed by atoms with van der Waals surface area (Å²) < 4.78 is 39.5. The molecule has 9 heteroatoms. The standard InChI is InChI=1S/C28H32N2O5S2/c1-4-35-22-10-8-21(9-11-22)30(37(32,33)25-15-13-24(36-3)14-16-25)19-28(31)29-27-7-5-6-20-18-23(34-2)12-17-26(20)27/h8-18,27H,4-7,19H2,1-3H3,(H,29,31). The monoisotopic (exact) mass is 540 g/mol. The molecule has 0 saturated carbocycles. The Morgan fingerprint density at radius 1 is 1.05 bits per heavy atom. The van der Waals surface area contributed by atoms with E-state index >= 15 is 0 Å². The van der Waals surface area contributed by atoms with Crippen LogP contribution in [0.2, 0.25) is 0 Å². The number of hydrogen-bond donors (Lipinski definition) is 1. The van der Waals surface area contributed by atoms with Gasteiger partial charge in [0.05, 0.1) is 30.3 Å². The molecule has 0 radical (unpaired) electrons. The highest BCUT2D eigenvalue weighted by atomic mass is 32.2. The zero-order valence-electron chi connectivity index (χ0n) is 21.3. The van der Waals surface area contributed by atoms with E-state index in [2.05, 4.69) is 5.32 Å². The lowest BCUT2D eigenvalue weighted by Crippen LogP contribution is -2.42. The molecule has 1 aliphatic rings. The first-order chi connectivity index (χ1) is 17.8. The van der Waals surface area contributed by atoms with Gasteiger partial charge in [-0.2, -0.15) is 0 Å². The largest absolute Gasteiger partial charge is 0.497 e. The van der Waals surface area contributed by atoms with Gasteiger partial charge < -0.3 is 14.8 Å². The summed E-state index contributed by atoms with van der Waals surface area (Å²) in [6, 6.07) is 19.1. The number of rotatable bonds is 10. The summed E-state index contributed by atoms with van der Waals surface area (Å²) in [6.45, 7) is 2.04. The second-order valence-corrected chi connectivity index (χ2v) is 11.4. The summed E-state index contributed by atoms with van der Waals surface area (Å²) in [5.41, 5.74) is 2.57. The topological polar surface area (TPSA) is 84.9 Å². The molecule has 0 spiro atoms. The van der Waals surface area contributed by atoms with Crippen LogP contribution in [0.1, 0.15) is 36.9 Å². The van der Waals surface area contributed by atoms with Gasteiger partial charge in [0.1, 0.15) is 18.0 Å². The molecule has 0 aromatic heterocycles. The molecule has 3 aromatic rings. The molecule has 3 aromatic carbocycles. The maximum absolute atomic E-state index is 13.7. The second kappa shape index (κ2) is 11.9. The van der Waals surface area contributed by atoms with Crippen LogP contribution >= 0.6 is 11.8 Å². The van der Waals surface area contributed by atoms with E-state index in [1.165, 1.54) is 11.8 Å². The number of benzene rings is 3. The zero-order chi connectivity index (χ0) is 26.4. The first kappa shape index (κ1) is 26.9. The Bertz CT molecular complexity index is 1330. The maximum Gasteiger partial charge on any atom is 0.264 e. The van der Waals surface area contributed by atoms with Gasteiger partial charge in [-0.3, -0.25) is 9.10 Å². The molecule has 196 valence electrons. The third kappa shape index (κ3) is 6.22. The van der Waals surface area contributed by atoms with Crippen LogP contribution in [0, 0.1) is 0 Å². The predicted octanol–water partition coefficient (Wildman–Crippen LogP) is 5.20. The number of carbonyl (C=O) groups excluding carboxylic acids is 1. The maximum atomic E-state index is 13.7. The molecule has 37 heavy (non-hydrogen) atoms. The van der Waals surface area contributed by atoms with Crippen molar-refractivity contribution < 1.29 is 22.7 Å². The molecule has 0 aliphatic heterocycles. The van der Waals surface area contributed by atoms with E-state index in [4.69, 9.17) is 9.47 Å². The smallest absolute Gasteiger partial charge is 0.264 e. The van der Waals surface area contributed by atoms with Crippen LogP contribution in [0.15, 0.2) is 76.5 Å². The molecule has 1 atom stereocenters. The minimum absolute atomic E-state index is 0.127. The third-order valence-corrected chi connectivity index (χ3v) is 8.90. The number of amides is 1. The number of fused-ring (bicyclic) bond motifs is 1. The summed E-state index contributed by atoms with van der Waals surface area (Å²) in [5, 5.41) is 3.07. The first-order valence-electron chi connectivity index (χ1n) is 12.2. The quantitative estimate of drug-likeness (QED) is 0.356. The molecular weight excluding hydrogens is 508 g/mol. The summed E-state index contributed by atoms with van der Waals surface area (Å²) in [5.74, 6) is 1.05. The normalized spacial score (nSPS) is 14.9. The second-order valence-electron chi connectivity index (χ2n) is 8.69. The van der Waals surface area contributed by atoms with Gasteiger partial charge in [0.15, 0.2) is 0 Å². The summed E-state index contributed by atoms with van der Waals surface area (Å²) in [7, 11) is -2.37. The van der Waals surface area contributed by atoms with Crippen molar-refractivity contribution in [2.75, 3.05) is 30.8 Å². The number of methoxy groups -OCH3 is 1. The number of sulfonamides is 1. The molecule has 0 fully saturated rings. The van der Waals surface area contributed by atoms with E-state index < -0.39 is 10.0 Å². The van der Waals surface area contributed by atoms with Gasteiger partial charge in [0.2, 0.25) is 5.91 Å². The average Bonchev–Trinajstić information content (AvgIpc) is 2.92. The van der Waals surface area contributed by atoms with Crippen molar-refractivity contribution in [3.8, 4) is 11.5 Å². The van der Waals surface area contributed by atoms with Crippen molar-refractivity contribution in [2.45, 2.75) is 42.0 Å². The van der Waals surface area contributed by atoms with Crippen LogP contribution in [-0.4, -0.2) is 40.8 Å². The van der Waals surface area contributed by atoms with E-state index in [-0.39, 0.29) is 23.4 Å². The Balaban J connectivity index is 1.61. The van der Waals surface area contributed by atoms with Crippen molar-refractivity contribution >= 4 is 33.4 Å². The fourth-order valence-corrected chi connectivity index (χ4v) is 6.33. The highest BCUT2D eigenvalue weighted by Gasteiger charge is 2.29. The number of nitrogens with zero attached hydrogens (tertiary/aromatic N) is 1. The SMILES string of the molecule is CCOc1ccc(N(CC(=O)NC2CCCc3cc(OC)ccc32)S(=O)(=O)c2ccc(SC)cc2)cc1. The number of ether oxygens (including phenoxy) is 2. The molecule has 0 heterocycles. The molecular formula is C28H32N2O5S2. The Hall–Kier alpha value is -3.17. The summed E-state index contributed by atoms with van der Waals surface area (Å²) in [4.78, 5) is 14.4. The highest BCUT2D eigenvalue weighted by molar-refractivity contribution is 7.98. The van der Waals surface area contributed by atoms with Crippen LogP contribution in [0.4, 0.5) is 5.69 Å². The number of aryl methyl sites for hydroxylation is 1. The van der Waals surface area contributed by atoms with E-state index in [9.17, 15) is 13.2 Å². The van der Waals surface area contributed by atoms with E-state index in [1.807, 2.05) is 31.4 Å². The van der Waals surface area contributed by atoms with Gasteiger partial charge in [0, 0.05) is 4.90 Å². The van der Waals surface area contributed by atoms with Crippen molar-refractivity contribution in [3.63, 3.8) is 0 Å². The lowest BCUT2D eigenvalue weighted by molar-refractivity contribution is -0.120. The first-order valence-corrected chi connectivity index (χ1v) is 14.9. The molecule has 0 saturated heterocycles. The molecule has 7 nitrogen and oxygen atoms in total. The number of anilines is 1. The van der Waals surface area contributed by atoms with E-state index in [1.54, 1.807) is 55.6 Å². The Morgan fingerprint density at radius 3 is 2.41 bits per heavy atom. The number of hydrogen-bond acceptors (Lipinski definition) is 6. The van der Waals surface area contributed by atoms with Crippen molar-refractivity contribution in [3.05, 3.63) is 77.9 Å². The van der Waals surface area contributed by atoms with Gasteiger partial charge in [-0.25, -0.2) is 8.42 Å². The molecule has 0 bridgehead atoms. The van der Waals surface area contributed by atoms with Gasteiger partial charge >= 0.3 is 0 Å². The molecule has 1 amide bonds. The Kier molecular flexibility index (Phi) is 8.66. The molecule has 4 rings (SSSR count). The van der Waals surface area contributed by atoms with E-state index in [0.717, 1.165) is 45.3 Å². The third-order valence-electron chi connectivity index (χ3n) is 6.37. The van der Waals surface area contributed by atoms with Crippen molar-refractivity contribution in [1.82, 2.24) is 5.32 Å². The summed E-state index contributed by atoms with van der Waals surface area (Å²) >= 11 is 1.53. The van der Waals surface area contributed by atoms with Crippen LogP contribution in [0.3, 0.4) is 0 Å². The number of nitrogens with one attached hydrogen (secondary N) is 1. The number of carbonyl (C=O) groups is 1. The van der Waals surface area contributed by atoms with Gasteiger partial charge in [-0.05, 0) is 104 Å². The zero-order valence-corrected chi connectivity index (χ0v) is 22.9. The number of thioether (sulfide) groups is 1.